The first-order valence-corrected chi connectivity index (χ1v) is 4.92. The summed E-state index contributed by atoms with van der Waals surface area (Å²) in [5.41, 5.74) is 1.79. The van der Waals surface area contributed by atoms with Crippen molar-refractivity contribution >= 4 is 5.78 Å². The molecule has 0 saturated heterocycles. The number of rotatable bonds is 3. The van der Waals surface area contributed by atoms with E-state index in [1.54, 1.807) is 7.11 Å². The predicted molar refractivity (Wildman–Crippen MR) is 54.8 cm³/mol. The standard InChI is InChI=1S/C12H14O2/c1-8-10(12(13)9-6-7-9)4-3-5-11(8)14-2/h3-5,9H,6-7H2,1-2H3. The van der Waals surface area contributed by atoms with Gasteiger partial charge in [-0.25, -0.2) is 0 Å². The summed E-state index contributed by atoms with van der Waals surface area (Å²) >= 11 is 0. The highest BCUT2D eigenvalue weighted by atomic mass is 16.5. The van der Waals surface area contributed by atoms with Crippen molar-refractivity contribution in [3.05, 3.63) is 29.3 Å². The number of hydrogen-bond acceptors (Lipinski definition) is 2. The molecule has 0 N–H and O–H groups in total. The molecular formula is C12H14O2. The van der Waals surface area contributed by atoms with Crippen LogP contribution in [0.4, 0.5) is 0 Å². The molecule has 0 spiro atoms. The van der Waals surface area contributed by atoms with Gasteiger partial charge in [-0.15, -0.1) is 0 Å². The number of benzene rings is 1. The van der Waals surface area contributed by atoms with Crippen LogP contribution in [-0.4, -0.2) is 12.9 Å². The predicted octanol–water partition coefficient (Wildman–Crippen LogP) is 2.60. The summed E-state index contributed by atoms with van der Waals surface area (Å²) in [6, 6.07) is 5.65. The summed E-state index contributed by atoms with van der Waals surface area (Å²) in [5.74, 6) is 1.36. The van der Waals surface area contributed by atoms with Gasteiger partial charge in [0.25, 0.3) is 0 Å². The molecule has 2 rings (SSSR count). The molecule has 0 bridgehead atoms. The third kappa shape index (κ3) is 1.52. The molecule has 0 atom stereocenters. The molecule has 0 aromatic heterocycles. The van der Waals surface area contributed by atoms with E-state index in [4.69, 9.17) is 4.74 Å². The van der Waals surface area contributed by atoms with Crippen LogP contribution in [0, 0.1) is 12.8 Å². The Balaban J connectivity index is 2.36. The molecule has 0 amide bonds. The topological polar surface area (TPSA) is 26.3 Å². The average molecular weight is 190 g/mol. The quantitative estimate of drug-likeness (QED) is 0.685. The van der Waals surface area contributed by atoms with Gasteiger partial charge in [-0.2, -0.15) is 0 Å². The maximum atomic E-state index is 11.8. The molecule has 0 heterocycles. The Morgan fingerprint density at radius 3 is 2.71 bits per heavy atom. The van der Waals surface area contributed by atoms with Crippen LogP contribution in [0.3, 0.4) is 0 Å². The lowest BCUT2D eigenvalue weighted by Gasteiger charge is -2.08. The number of ketones is 1. The Hall–Kier alpha value is -1.31. The second-order valence-electron chi connectivity index (χ2n) is 3.77. The van der Waals surface area contributed by atoms with Crippen LogP contribution in [-0.2, 0) is 0 Å². The van der Waals surface area contributed by atoms with E-state index in [2.05, 4.69) is 0 Å². The van der Waals surface area contributed by atoms with Crippen LogP contribution in [0.5, 0.6) is 5.75 Å². The summed E-state index contributed by atoms with van der Waals surface area (Å²) in [6.45, 7) is 1.94. The van der Waals surface area contributed by atoms with Crippen molar-refractivity contribution in [1.29, 1.82) is 0 Å². The van der Waals surface area contributed by atoms with Crippen molar-refractivity contribution in [3.8, 4) is 5.75 Å². The highest BCUT2D eigenvalue weighted by Crippen LogP contribution is 2.34. The van der Waals surface area contributed by atoms with Crippen molar-refractivity contribution in [2.24, 2.45) is 5.92 Å². The summed E-state index contributed by atoms with van der Waals surface area (Å²) in [7, 11) is 1.63. The molecule has 2 heteroatoms. The summed E-state index contributed by atoms with van der Waals surface area (Å²) < 4.78 is 5.18. The van der Waals surface area contributed by atoms with E-state index in [0.29, 0.717) is 0 Å². The second-order valence-corrected chi connectivity index (χ2v) is 3.77. The number of ether oxygens (including phenoxy) is 1. The van der Waals surface area contributed by atoms with Crippen LogP contribution in [0.1, 0.15) is 28.8 Å². The minimum atomic E-state index is 0.279. The van der Waals surface area contributed by atoms with Crippen molar-refractivity contribution in [1.82, 2.24) is 0 Å². The van der Waals surface area contributed by atoms with Gasteiger partial charge < -0.3 is 4.74 Å². The minimum Gasteiger partial charge on any atom is -0.496 e. The van der Waals surface area contributed by atoms with Crippen LogP contribution < -0.4 is 4.74 Å². The molecule has 0 aliphatic heterocycles. The van der Waals surface area contributed by atoms with Gasteiger partial charge in [0, 0.05) is 17.0 Å². The molecule has 1 aliphatic carbocycles. The Bertz CT molecular complexity index is 365. The van der Waals surface area contributed by atoms with Gasteiger partial charge in [0.2, 0.25) is 0 Å². The van der Waals surface area contributed by atoms with E-state index >= 15 is 0 Å². The van der Waals surface area contributed by atoms with Crippen LogP contribution >= 0.6 is 0 Å². The fraction of sp³-hybridized carbons (Fsp3) is 0.417. The van der Waals surface area contributed by atoms with E-state index in [1.165, 1.54) is 0 Å². The van der Waals surface area contributed by atoms with Gasteiger partial charge in [-0.05, 0) is 25.8 Å². The zero-order valence-electron chi connectivity index (χ0n) is 8.54. The van der Waals surface area contributed by atoms with E-state index < -0.39 is 0 Å². The van der Waals surface area contributed by atoms with E-state index in [9.17, 15) is 4.79 Å². The molecular weight excluding hydrogens is 176 g/mol. The van der Waals surface area contributed by atoms with Crippen molar-refractivity contribution in [2.75, 3.05) is 7.11 Å². The highest BCUT2D eigenvalue weighted by molar-refractivity contribution is 6.00. The Kier molecular flexibility index (Phi) is 2.28. The van der Waals surface area contributed by atoms with Gasteiger partial charge in [0.1, 0.15) is 5.75 Å². The Morgan fingerprint density at radius 2 is 2.14 bits per heavy atom. The molecule has 0 radical (unpaired) electrons. The Labute approximate surface area is 83.9 Å². The first-order chi connectivity index (χ1) is 6.74. The smallest absolute Gasteiger partial charge is 0.166 e. The molecule has 0 unspecified atom stereocenters. The van der Waals surface area contributed by atoms with Gasteiger partial charge in [-0.1, -0.05) is 12.1 Å². The molecule has 1 fully saturated rings. The lowest BCUT2D eigenvalue weighted by atomic mass is 10.0. The summed E-state index contributed by atoms with van der Waals surface area (Å²) in [4.78, 5) is 11.8. The fourth-order valence-corrected chi connectivity index (χ4v) is 1.67. The lowest BCUT2D eigenvalue weighted by molar-refractivity contribution is 0.0966. The third-order valence-corrected chi connectivity index (χ3v) is 2.72. The minimum absolute atomic E-state index is 0.279. The maximum absolute atomic E-state index is 11.8. The zero-order chi connectivity index (χ0) is 10.1. The largest absolute Gasteiger partial charge is 0.496 e. The molecule has 1 aromatic rings. The van der Waals surface area contributed by atoms with Gasteiger partial charge in [0.05, 0.1) is 7.11 Å². The molecule has 1 saturated carbocycles. The van der Waals surface area contributed by atoms with Gasteiger partial charge in [-0.3, -0.25) is 4.79 Å². The molecule has 2 nitrogen and oxygen atoms in total. The number of carbonyl (C=O) groups excluding carboxylic acids is 1. The summed E-state index contributed by atoms with van der Waals surface area (Å²) in [6.07, 6.45) is 2.10. The molecule has 74 valence electrons. The van der Waals surface area contributed by atoms with Crippen molar-refractivity contribution < 1.29 is 9.53 Å². The SMILES string of the molecule is COc1cccc(C(=O)C2CC2)c1C. The fourth-order valence-electron chi connectivity index (χ4n) is 1.67. The van der Waals surface area contributed by atoms with Crippen LogP contribution in [0.2, 0.25) is 0 Å². The van der Waals surface area contributed by atoms with Crippen LogP contribution in [0.25, 0.3) is 0 Å². The molecule has 1 aliphatic rings. The molecule has 1 aromatic carbocycles. The molecule has 14 heavy (non-hydrogen) atoms. The number of methoxy groups -OCH3 is 1. The Morgan fingerprint density at radius 1 is 1.43 bits per heavy atom. The number of carbonyl (C=O) groups is 1. The van der Waals surface area contributed by atoms with Crippen molar-refractivity contribution in [2.45, 2.75) is 19.8 Å². The second kappa shape index (κ2) is 3.45. The highest BCUT2D eigenvalue weighted by Gasteiger charge is 2.31. The van der Waals surface area contributed by atoms with Gasteiger partial charge in [0.15, 0.2) is 5.78 Å². The van der Waals surface area contributed by atoms with Gasteiger partial charge >= 0.3 is 0 Å². The maximum Gasteiger partial charge on any atom is 0.166 e. The first kappa shape index (κ1) is 9.25. The van der Waals surface area contributed by atoms with Crippen molar-refractivity contribution in [3.63, 3.8) is 0 Å². The number of hydrogen-bond donors (Lipinski definition) is 0. The third-order valence-electron chi connectivity index (χ3n) is 2.72. The summed E-state index contributed by atoms with van der Waals surface area (Å²) in [5, 5.41) is 0. The van der Waals surface area contributed by atoms with Crippen LogP contribution in [0.15, 0.2) is 18.2 Å². The average Bonchev–Trinajstić information content (AvgIpc) is 3.00. The van der Waals surface area contributed by atoms with E-state index in [-0.39, 0.29) is 11.7 Å². The lowest BCUT2D eigenvalue weighted by Crippen LogP contribution is -2.04. The van der Waals surface area contributed by atoms with E-state index in [1.807, 2.05) is 25.1 Å². The van der Waals surface area contributed by atoms with E-state index in [0.717, 1.165) is 29.7 Å². The normalized spacial score (nSPS) is 15.3. The first-order valence-electron chi connectivity index (χ1n) is 4.92. The number of Topliss-reactive ketones (excluding diaryl/α,β-unsaturated/α-hetero) is 1. The monoisotopic (exact) mass is 190 g/mol. The zero-order valence-corrected chi connectivity index (χ0v) is 8.54.